The highest BCUT2D eigenvalue weighted by Gasteiger charge is 2.34. The van der Waals surface area contributed by atoms with Crippen molar-refractivity contribution in [1.82, 2.24) is 9.80 Å². The SMILES string of the molecule is CC(C)(C)OC(=O)N1CC(CNc2cc(Cl)c(Br)cc2OC(CN2CCCC2)C(=O)O)C1. The van der Waals surface area contributed by atoms with Crippen molar-refractivity contribution in [3.8, 4) is 5.75 Å². The van der Waals surface area contributed by atoms with Gasteiger partial charge >= 0.3 is 12.1 Å². The Balaban J connectivity index is 1.60. The molecule has 0 saturated carbocycles. The van der Waals surface area contributed by atoms with Crippen molar-refractivity contribution in [3.63, 3.8) is 0 Å². The number of nitrogens with zero attached hydrogens (tertiary/aromatic N) is 2. The molecule has 2 aliphatic rings. The second kappa shape index (κ2) is 10.5. The molecule has 1 aromatic carbocycles. The second-order valence-electron chi connectivity index (χ2n) is 9.35. The molecule has 2 heterocycles. The lowest BCUT2D eigenvalue weighted by molar-refractivity contribution is -0.145. The first-order valence-electron chi connectivity index (χ1n) is 10.8. The molecule has 2 fully saturated rings. The van der Waals surface area contributed by atoms with Gasteiger partial charge in [-0.2, -0.15) is 0 Å². The number of carboxylic acids is 1. The van der Waals surface area contributed by atoms with Crippen LogP contribution in [0.4, 0.5) is 10.5 Å². The number of aliphatic carboxylic acids is 1. The zero-order chi connectivity index (χ0) is 23.5. The summed E-state index contributed by atoms with van der Waals surface area (Å²) in [5.41, 5.74) is 0.109. The maximum atomic E-state index is 12.1. The third-order valence-corrected chi connectivity index (χ3v) is 6.58. The summed E-state index contributed by atoms with van der Waals surface area (Å²) in [6.07, 6.45) is 0.865. The van der Waals surface area contributed by atoms with Gasteiger partial charge in [0.2, 0.25) is 6.10 Å². The van der Waals surface area contributed by atoms with E-state index in [2.05, 4.69) is 26.1 Å². The van der Waals surface area contributed by atoms with Crippen LogP contribution >= 0.6 is 27.5 Å². The lowest BCUT2D eigenvalue weighted by atomic mass is 10.0. The van der Waals surface area contributed by atoms with Gasteiger partial charge in [-0.3, -0.25) is 4.90 Å². The van der Waals surface area contributed by atoms with Crippen LogP contribution in [0.25, 0.3) is 0 Å². The van der Waals surface area contributed by atoms with E-state index in [1.165, 1.54) is 0 Å². The molecule has 0 spiro atoms. The van der Waals surface area contributed by atoms with Crippen LogP contribution in [0.3, 0.4) is 0 Å². The Morgan fingerprint density at radius 1 is 1.28 bits per heavy atom. The molecule has 1 aromatic rings. The van der Waals surface area contributed by atoms with Gasteiger partial charge < -0.3 is 24.8 Å². The number of halogens is 2. The molecular formula is C22H31BrClN3O5. The summed E-state index contributed by atoms with van der Waals surface area (Å²) in [6, 6.07) is 3.42. The number of ether oxygens (including phenoxy) is 2. The molecule has 10 heteroatoms. The highest BCUT2D eigenvalue weighted by atomic mass is 79.9. The Labute approximate surface area is 202 Å². The van der Waals surface area contributed by atoms with Crippen LogP contribution in [0, 0.1) is 5.92 Å². The highest BCUT2D eigenvalue weighted by molar-refractivity contribution is 9.10. The number of benzene rings is 1. The molecule has 8 nitrogen and oxygen atoms in total. The first-order chi connectivity index (χ1) is 15.0. The maximum Gasteiger partial charge on any atom is 0.410 e. The normalized spacial score (nSPS) is 18.2. The number of carbonyl (C=O) groups is 2. The topological polar surface area (TPSA) is 91.3 Å². The molecule has 0 aliphatic carbocycles. The molecule has 2 N–H and O–H groups in total. The van der Waals surface area contributed by atoms with Crippen molar-refractivity contribution >= 4 is 45.3 Å². The lowest BCUT2D eigenvalue weighted by Gasteiger charge is -2.40. The van der Waals surface area contributed by atoms with E-state index in [-0.39, 0.29) is 12.0 Å². The minimum Gasteiger partial charge on any atom is -0.478 e. The van der Waals surface area contributed by atoms with Crippen LogP contribution in [0.2, 0.25) is 5.02 Å². The van der Waals surface area contributed by atoms with E-state index in [0.717, 1.165) is 25.9 Å². The predicted molar refractivity (Wildman–Crippen MR) is 127 cm³/mol. The zero-order valence-electron chi connectivity index (χ0n) is 18.7. The molecule has 0 radical (unpaired) electrons. The fourth-order valence-corrected chi connectivity index (χ4v) is 4.20. The number of hydrogen-bond donors (Lipinski definition) is 2. The van der Waals surface area contributed by atoms with E-state index >= 15 is 0 Å². The van der Waals surface area contributed by atoms with Gasteiger partial charge in [-0.1, -0.05) is 11.6 Å². The first-order valence-corrected chi connectivity index (χ1v) is 12.0. The number of carbonyl (C=O) groups excluding carboxylic acids is 1. The summed E-state index contributed by atoms with van der Waals surface area (Å²) in [5.74, 6) is -0.324. The smallest absolute Gasteiger partial charge is 0.410 e. The average molecular weight is 533 g/mol. The Hall–Kier alpha value is -1.71. The summed E-state index contributed by atoms with van der Waals surface area (Å²) in [6.45, 7) is 9.42. The van der Waals surface area contributed by atoms with Crippen LogP contribution in [-0.4, -0.2) is 77.9 Å². The number of rotatable bonds is 8. The van der Waals surface area contributed by atoms with Gasteiger partial charge in [0.25, 0.3) is 0 Å². The molecule has 2 aliphatic heterocycles. The van der Waals surface area contributed by atoms with Gasteiger partial charge in [-0.15, -0.1) is 0 Å². The minimum atomic E-state index is -0.999. The number of nitrogens with one attached hydrogen (secondary N) is 1. The Kier molecular flexibility index (Phi) is 8.16. The molecule has 0 bridgehead atoms. The van der Waals surface area contributed by atoms with Crippen LogP contribution in [0.15, 0.2) is 16.6 Å². The molecular weight excluding hydrogens is 502 g/mol. The van der Waals surface area contributed by atoms with Crippen molar-refractivity contribution in [1.29, 1.82) is 0 Å². The third-order valence-electron chi connectivity index (χ3n) is 5.38. The van der Waals surface area contributed by atoms with E-state index < -0.39 is 17.7 Å². The summed E-state index contributed by atoms with van der Waals surface area (Å²) < 4.78 is 11.9. The molecule has 1 unspecified atom stereocenters. The van der Waals surface area contributed by atoms with E-state index in [4.69, 9.17) is 21.1 Å². The summed E-state index contributed by atoms with van der Waals surface area (Å²) in [7, 11) is 0. The van der Waals surface area contributed by atoms with Crippen molar-refractivity contribution in [2.75, 3.05) is 44.6 Å². The first kappa shape index (κ1) is 24.9. The van der Waals surface area contributed by atoms with Crippen LogP contribution in [0.1, 0.15) is 33.6 Å². The Morgan fingerprint density at radius 2 is 1.94 bits per heavy atom. The van der Waals surface area contributed by atoms with Crippen LogP contribution in [-0.2, 0) is 9.53 Å². The van der Waals surface area contributed by atoms with Gasteiger partial charge in [0.1, 0.15) is 11.4 Å². The third kappa shape index (κ3) is 6.89. The Morgan fingerprint density at radius 3 is 2.53 bits per heavy atom. The molecule has 1 atom stereocenters. The monoisotopic (exact) mass is 531 g/mol. The van der Waals surface area contributed by atoms with E-state index in [9.17, 15) is 14.7 Å². The van der Waals surface area contributed by atoms with Gasteiger partial charge in [0, 0.05) is 36.6 Å². The van der Waals surface area contributed by atoms with Crippen molar-refractivity contribution < 1.29 is 24.2 Å². The fourth-order valence-electron chi connectivity index (χ4n) is 3.71. The number of likely N-dealkylation sites (tertiary alicyclic amines) is 2. The zero-order valence-corrected chi connectivity index (χ0v) is 21.0. The van der Waals surface area contributed by atoms with Crippen LogP contribution < -0.4 is 10.1 Å². The number of anilines is 1. The molecule has 3 rings (SSSR count). The molecule has 32 heavy (non-hydrogen) atoms. The molecule has 1 amide bonds. The van der Waals surface area contributed by atoms with Gasteiger partial charge in [0.05, 0.1) is 10.7 Å². The predicted octanol–water partition coefficient (Wildman–Crippen LogP) is 4.31. The maximum absolute atomic E-state index is 12.1. The van der Waals surface area contributed by atoms with Gasteiger partial charge in [-0.25, -0.2) is 9.59 Å². The van der Waals surface area contributed by atoms with E-state index in [0.29, 0.717) is 47.1 Å². The fraction of sp³-hybridized carbons (Fsp3) is 0.636. The Bertz CT molecular complexity index is 836. The number of hydrogen-bond acceptors (Lipinski definition) is 6. The summed E-state index contributed by atoms with van der Waals surface area (Å²) in [5, 5.41) is 13.5. The molecule has 0 aromatic heterocycles. The lowest BCUT2D eigenvalue weighted by Crippen LogP contribution is -2.53. The van der Waals surface area contributed by atoms with Crippen LogP contribution in [0.5, 0.6) is 5.75 Å². The number of carboxylic acid groups (broad SMARTS) is 1. The van der Waals surface area contributed by atoms with Crippen molar-refractivity contribution in [2.45, 2.75) is 45.3 Å². The van der Waals surface area contributed by atoms with Crippen molar-refractivity contribution in [2.24, 2.45) is 5.92 Å². The minimum absolute atomic E-state index is 0.248. The number of amides is 1. The van der Waals surface area contributed by atoms with E-state index in [1.54, 1.807) is 17.0 Å². The molecule has 2 saturated heterocycles. The quantitative estimate of drug-likeness (QED) is 0.515. The van der Waals surface area contributed by atoms with Gasteiger partial charge in [-0.05, 0) is 74.8 Å². The standard InChI is InChI=1S/C22H31BrClN3O5/c1-22(2,3)32-21(30)27-11-14(12-27)10-25-17-9-16(24)15(23)8-18(17)31-19(20(28)29)13-26-6-4-5-7-26/h8-9,14,19,25H,4-7,10-13H2,1-3H3,(H,28,29). The largest absolute Gasteiger partial charge is 0.478 e. The average Bonchev–Trinajstić information content (AvgIpc) is 3.15. The molecule has 178 valence electrons. The highest BCUT2D eigenvalue weighted by Crippen LogP contribution is 2.36. The summed E-state index contributed by atoms with van der Waals surface area (Å²) in [4.78, 5) is 27.7. The second-order valence-corrected chi connectivity index (χ2v) is 10.6. The van der Waals surface area contributed by atoms with Gasteiger partial charge in [0.15, 0.2) is 0 Å². The van der Waals surface area contributed by atoms with E-state index in [1.807, 2.05) is 20.8 Å². The van der Waals surface area contributed by atoms with Crippen molar-refractivity contribution in [3.05, 3.63) is 21.6 Å². The summed E-state index contributed by atoms with van der Waals surface area (Å²) >= 11 is 9.67.